The van der Waals surface area contributed by atoms with E-state index in [2.05, 4.69) is 40.9 Å². The normalized spacial score (nSPS) is 12.5. The predicted octanol–water partition coefficient (Wildman–Crippen LogP) is 4.50. The number of nitrogens with zero attached hydrogens (tertiary/aromatic N) is 2. The molecule has 0 aliphatic heterocycles. The highest BCUT2D eigenvalue weighted by Crippen LogP contribution is 2.30. The topological polar surface area (TPSA) is 67.8 Å². The molecule has 1 aromatic heterocycles. The van der Waals surface area contributed by atoms with Crippen LogP contribution in [-0.2, 0) is 6.42 Å². The van der Waals surface area contributed by atoms with Crippen molar-refractivity contribution in [2.45, 2.75) is 53.5 Å². The van der Waals surface area contributed by atoms with Gasteiger partial charge in [-0.3, -0.25) is 4.99 Å². The third kappa shape index (κ3) is 7.57. The summed E-state index contributed by atoms with van der Waals surface area (Å²) in [7, 11) is 0. The van der Waals surface area contributed by atoms with E-state index in [0.29, 0.717) is 13.2 Å². The van der Waals surface area contributed by atoms with Crippen LogP contribution in [0.1, 0.15) is 56.4 Å². The first-order valence-electron chi connectivity index (χ1n) is 10.4. The van der Waals surface area contributed by atoms with Crippen LogP contribution in [0.2, 0.25) is 0 Å². The van der Waals surface area contributed by atoms with Gasteiger partial charge in [-0.05, 0) is 58.7 Å². The summed E-state index contributed by atoms with van der Waals surface area (Å²) < 4.78 is 11.4. The molecule has 0 amide bonds. The van der Waals surface area contributed by atoms with Crippen LogP contribution in [0.25, 0.3) is 0 Å². The summed E-state index contributed by atoms with van der Waals surface area (Å²) in [6, 6.07) is 6.17. The standard InChI is InChI=1S/C22H34N4O2S/c1-6-23-22(24-13-9-10-21-25-16(4)15-29-21)26-17(5)18-11-12-19(27-7-2)20(14-18)28-8-3/h11-12,14-15,17H,6-10,13H2,1-5H3,(H2,23,24,26). The number of nitrogens with one attached hydrogen (secondary N) is 2. The molecule has 160 valence electrons. The number of guanidine groups is 1. The van der Waals surface area contributed by atoms with Crippen molar-refractivity contribution in [3.63, 3.8) is 0 Å². The second kappa shape index (κ2) is 12.3. The molecule has 2 N–H and O–H groups in total. The summed E-state index contributed by atoms with van der Waals surface area (Å²) in [4.78, 5) is 9.23. The lowest BCUT2D eigenvalue weighted by Crippen LogP contribution is -2.38. The van der Waals surface area contributed by atoms with E-state index < -0.39 is 0 Å². The molecule has 0 bridgehead atoms. The fourth-order valence-corrected chi connectivity index (χ4v) is 3.70. The molecule has 6 nitrogen and oxygen atoms in total. The second-order valence-corrected chi connectivity index (χ2v) is 7.63. The van der Waals surface area contributed by atoms with Gasteiger partial charge in [0.1, 0.15) is 0 Å². The highest BCUT2D eigenvalue weighted by molar-refractivity contribution is 7.09. The van der Waals surface area contributed by atoms with Gasteiger partial charge < -0.3 is 20.1 Å². The number of benzene rings is 1. The lowest BCUT2D eigenvalue weighted by molar-refractivity contribution is 0.287. The summed E-state index contributed by atoms with van der Waals surface area (Å²) in [6.07, 6.45) is 1.95. The third-order valence-electron chi connectivity index (χ3n) is 4.25. The maximum Gasteiger partial charge on any atom is 0.191 e. The molecule has 29 heavy (non-hydrogen) atoms. The minimum absolute atomic E-state index is 0.0873. The number of rotatable bonds is 11. The van der Waals surface area contributed by atoms with Gasteiger partial charge in [-0.1, -0.05) is 6.07 Å². The van der Waals surface area contributed by atoms with Crippen LogP contribution >= 0.6 is 11.3 Å². The smallest absolute Gasteiger partial charge is 0.191 e. The van der Waals surface area contributed by atoms with Gasteiger partial charge in [0.15, 0.2) is 17.5 Å². The fraction of sp³-hybridized carbons (Fsp3) is 0.545. The number of hydrogen-bond donors (Lipinski definition) is 2. The van der Waals surface area contributed by atoms with Gasteiger partial charge in [-0.15, -0.1) is 11.3 Å². The molecule has 0 aliphatic rings. The Balaban J connectivity index is 1.98. The lowest BCUT2D eigenvalue weighted by Gasteiger charge is -2.20. The Morgan fingerprint density at radius 1 is 1.17 bits per heavy atom. The first-order valence-corrected chi connectivity index (χ1v) is 11.3. The quantitative estimate of drug-likeness (QED) is 0.319. The van der Waals surface area contributed by atoms with Crippen molar-refractivity contribution in [3.8, 4) is 11.5 Å². The van der Waals surface area contributed by atoms with Gasteiger partial charge in [0, 0.05) is 30.6 Å². The van der Waals surface area contributed by atoms with Crippen LogP contribution < -0.4 is 20.1 Å². The molecule has 1 atom stereocenters. The van der Waals surface area contributed by atoms with Crippen LogP contribution in [0.15, 0.2) is 28.6 Å². The van der Waals surface area contributed by atoms with Crippen molar-refractivity contribution in [2.75, 3.05) is 26.3 Å². The molecule has 1 aromatic carbocycles. The van der Waals surface area contributed by atoms with Crippen molar-refractivity contribution in [3.05, 3.63) is 39.8 Å². The van der Waals surface area contributed by atoms with Crippen LogP contribution in [0.4, 0.5) is 0 Å². The number of hydrogen-bond acceptors (Lipinski definition) is 5. The second-order valence-electron chi connectivity index (χ2n) is 6.69. The molecule has 0 fully saturated rings. The van der Waals surface area contributed by atoms with E-state index in [0.717, 1.165) is 54.6 Å². The van der Waals surface area contributed by atoms with Crippen molar-refractivity contribution in [1.82, 2.24) is 15.6 Å². The molecule has 7 heteroatoms. The number of ether oxygens (including phenoxy) is 2. The van der Waals surface area contributed by atoms with E-state index in [1.165, 1.54) is 5.01 Å². The number of aliphatic imine (C=N–C) groups is 1. The lowest BCUT2D eigenvalue weighted by atomic mass is 10.1. The number of aryl methyl sites for hydroxylation is 2. The van der Waals surface area contributed by atoms with Gasteiger partial charge in [-0.2, -0.15) is 0 Å². The van der Waals surface area contributed by atoms with Gasteiger partial charge in [0.05, 0.1) is 24.3 Å². The Kier molecular flexibility index (Phi) is 9.77. The van der Waals surface area contributed by atoms with Gasteiger partial charge in [-0.25, -0.2) is 4.98 Å². The SMILES string of the molecule is CCNC(=NCCCc1nc(C)cs1)NC(C)c1ccc(OCC)c(OCC)c1. The van der Waals surface area contributed by atoms with Crippen molar-refractivity contribution >= 4 is 17.3 Å². The summed E-state index contributed by atoms with van der Waals surface area (Å²) in [5.74, 6) is 2.38. The zero-order chi connectivity index (χ0) is 21.1. The Morgan fingerprint density at radius 3 is 2.59 bits per heavy atom. The average Bonchev–Trinajstić information content (AvgIpc) is 3.12. The molecule has 0 saturated heterocycles. The fourth-order valence-electron chi connectivity index (χ4n) is 2.88. The molecule has 0 spiro atoms. The predicted molar refractivity (Wildman–Crippen MR) is 121 cm³/mol. The Hall–Kier alpha value is -2.28. The van der Waals surface area contributed by atoms with Crippen LogP contribution in [-0.4, -0.2) is 37.2 Å². The molecule has 2 rings (SSSR count). The Bertz CT molecular complexity index is 776. The molecular weight excluding hydrogens is 384 g/mol. The molecule has 0 aliphatic carbocycles. The monoisotopic (exact) mass is 418 g/mol. The van der Waals surface area contributed by atoms with Gasteiger partial charge >= 0.3 is 0 Å². The van der Waals surface area contributed by atoms with Gasteiger partial charge in [0.2, 0.25) is 0 Å². The summed E-state index contributed by atoms with van der Waals surface area (Å²) >= 11 is 1.72. The maximum atomic E-state index is 5.75. The molecule has 2 aromatic rings. The number of thiazole rings is 1. The van der Waals surface area contributed by atoms with Crippen LogP contribution in [0.5, 0.6) is 11.5 Å². The molecule has 0 radical (unpaired) electrons. The largest absolute Gasteiger partial charge is 0.490 e. The Labute approximate surface area is 178 Å². The van der Waals surface area contributed by atoms with E-state index in [1.54, 1.807) is 11.3 Å². The van der Waals surface area contributed by atoms with Crippen LogP contribution in [0.3, 0.4) is 0 Å². The molecule has 1 heterocycles. The van der Waals surface area contributed by atoms with E-state index >= 15 is 0 Å². The summed E-state index contributed by atoms with van der Waals surface area (Å²) in [5, 5.41) is 10.1. The first kappa shape index (κ1) is 23.0. The van der Waals surface area contributed by atoms with Crippen molar-refractivity contribution in [2.24, 2.45) is 4.99 Å². The first-order chi connectivity index (χ1) is 14.1. The average molecular weight is 419 g/mol. The minimum Gasteiger partial charge on any atom is -0.490 e. The maximum absolute atomic E-state index is 5.75. The summed E-state index contributed by atoms with van der Waals surface area (Å²) in [6.45, 7) is 13.0. The van der Waals surface area contributed by atoms with E-state index in [-0.39, 0.29) is 6.04 Å². The van der Waals surface area contributed by atoms with Crippen molar-refractivity contribution < 1.29 is 9.47 Å². The van der Waals surface area contributed by atoms with E-state index in [1.807, 2.05) is 32.9 Å². The zero-order valence-corrected chi connectivity index (χ0v) is 19.1. The molecule has 0 saturated carbocycles. The van der Waals surface area contributed by atoms with Gasteiger partial charge in [0.25, 0.3) is 0 Å². The third-order valence-corrected chi connectivity index (χ3v) is 5.28. The van der Waals surface area contributed by atoms with E-state index in [4.69, 9.17) is 14.5 Å². The van der Waals surface area contributed by atoms with Crippen molar-refractivity contribution in [1.29, 1.82) is 0 Å². The number of aromatic nitrogens is 1. The Morgan fingerprint density at radius 2 is 1.93 bits per heavy atom. The van der Waals surface area contributed by atoms with E-state index in [9.17, 15) is 0 Å². The van der Waals surface area contributed by atoms with Crippen LogP contribution in [0, 0.1) is 6.92 Å². The molecule has 1 unspecified atom stereocenters. The summed E-state index contributed by atoms with van der Waals surface area (Å²) in [5.41, 5.74) is 2.22. The highest BCUT2D eigenvalue weighted by atomic mass is 32.1. The minimum atomic E-state index is 0.0873. The highest BCUT2D eigenvalue weighted by Gasteiger charge is 2.12. The zero-order valence-electron chi connectivity index (χ0n) is 18.2. The molecular formula is C22H34N4O2S.